The van der Waals surface area contributed by atoms with E-state index in [1.54, 1.807) is 11.3 Å². The molecule has 1 N–H and O–H groups in total. The van der Waals surface area contributed by atoms with Gasteiger partial charge >= 0.3 is 5.97 Å². The summed E-state index contributed by atoms with van der Waals surface area (Å²) in [5.41, 5.74) is 2.74. The van der Waals surface area contributed by atoms with Gasteiger partial charge in [-0.2, -0.15) is 0 Å². The molecule has 2 aromatic carbocycles. The molecular weight excluding hydrogens is 420 g/mol. The third-order valence-electron chi connectivity index (χ3n) is 5.75. The van der Waals surface area contributed by atoms with Crippen LogP contribution in [0.15, 0.2) is 36.4 Å². The number of fused-ring (bicyclic) bond motifs is 1. The highest BCUT2D eigenvalue weighted by atomic mass is 35.5. The van der Waals surface area contributed by atoms with Crippen molar-refractivity contribution in [1.29, 1.82) is 0 Å². The van der Waals surface area contributed by atoms with Crippen molar-refractivity contribution in [3.05, 3.63) is 52.5 Å². The lowest BCUT2D eigenvalue weighted by molar-refractivity contribution is -0.136. The molecule has 2 heterocycles. The zero-order valence-electron chi connectivity index (χ0n) is 16.9. The summed E-state index contributed by atoms with van der Waals surface area (Å²) in [5.74, 6) is 0.602. The van der Waals surface area contributed by atoms with E-state index >= 15 is 0 Å². The normalized spacial score (nSPS) is 14.9. The highest BCUT2D eigenvalue weighted by Gasteiger charge is 2.22. The Morgan fingerprint density at radius 1 is 1.30 bits per heavy atom. The van der Waals surface area contributed by atoms with Crippen LogP contribution in [0.3, 0.4) is 0 Å². The first-order valence-electron chi connectivity index (χ1n) is 10.2. The quantitative estimate of drug-likeness (QED) is 0.516. The Morgan fingerprint density at radius 2 is 2.10 bits per heavy atom. The molecule has 0 bridgehead atoms. The maximum Gasteiger partial charge on any atom is 0.307 e. The SMILES string of the molecule is Cc1c(CC(=O)O)cccc1OCCC1CCN(c2nc3ccc(Cl)cc3s2)CC1. The molecule has 0 amide bonds. The van der Waals surface area contributed by atoms with Gasteiger partial charge in [0, 0.05) is 18.1 Å². The number of piperidine rings is 1. The first-order chi connectivity index (χ1) is 14.5. The Balaban J connectivity index is 1.27. The molecule has 1 aliphatic heterocycles. The molecule has 1 saturated heterocycles. The average molecular weight is 445 g/mol. The zero-order valence-corrected chi connectivity index (χ0v) is 18.5. The van der Waals surface area contributed by atoms with Crippen LogP contribution >= 0.6 is 22.9 Å². The largest absolute Gasteiger partial charge is 0.493 e. The average Bonchev–Trinajstić information content (AvgIpc) is 3.14. The van der Waals surface area contributed by atoms with Gasteiger partial charge in [-0.05, 0) is 67.5 Å². The van der Waals surface area contributed by atoms with Crippen molar-refractivity contribution in [1.82, 2.24) is 4.98 Å². The maximum absolute atomic E-state index is 11.0. The number of carboxylic acids is 1. The van der Waals surface area contributed by atoms with E-state index in [0.717, 1.165) is 69.6 Å². The van der Waals surface area contributed by atoms with Gasteiger partial charge in [0.25, 0.3) is 0 Å². The van der Waals surface area contributed by atoms with E-state index in [2.05, 4.69) is 4.90 Å². The predicted molar refractivity (Wildman–Crippen MR) is 122 cm³/mol. The number of benzene rings is 2. The molecule has 30 heavy (non-hydrogen) atoms. The summed E-state index contributed by atoms with van der Waals surface area (Å²) in [6.07, 6.45) is 3.28. The lowest BCUT2D eigenvalue weighted by Gasteiger charge is -2.31. The summed E-state index contributed by atoms with van der Waals surface area (Å²) in [7, 11) is 0. The van der Waals surface area contributed by atoms with Crippen molar-refractivity contribution in [2.75, 3.05) is 24.6 Å². The summed E-state index contributed by atoms with van der Waals surface area (Å²) in [6, 6.07) is 11.5. The topological polar surface area (TPSA) is 62.7 Å². The molecule has 0 aliphatic carbocycles. The molecule has 0 radical (unpaired) electrons. The maximum atomic E-state index is 11.0. The predicted octanol–water partition coefficient (Wildman–Crippen LogP) is 5.57. The lowest BCUT2D eigenvalue weighted by atomic mass is 9.94. The van der Waals surface area contributed by atoms with E-state index in [1.165, 1.54) is 0 Å². The van der Waals surface area contributed by atoms with Crippen LogP contribution in [0.1, 0.15) is 30.4 Å². The standard InChI is InChI=1S/C23H25ClN2O3S/c1-15-17(13-22(27)28)3-2-4-20(15)29-12-9-16-7-10-26(11-8-16)23-25-19-6-5-18(24)14-21(19)30-23/h2-6,14,16H,7-13H2,1H3,(H,27,28). The van der Waals surface area contributed by atoms with Crippen LogP contribution in [0.2, 0.25) is 5.02 Å². The van der Waals surface area contributed by atoms with Crippen molar-refractivity contribution < 1.29 is 14.6 Å². The van der Waals surface area contributed by atoms with Crippen LogP contribution in [0.5, 0.6) is 5.75 Å². The Bertz CT molecular complexity index is 1040. The van der Waals surface area contributed by atoms with Crippen molar-refractivity contribution in [2.24, 2.45) is 5.92 Å². The molecule has 0 saturated carbocycles. The van der Waals surface area contributed by atoms with E-state index in [9.17, 15) is 4.79 Å². The van der Waals surface area contributed by atoms with Gasteiger partial charge in [0.15, 0.2) is 5.13 Å². The van der Waals surface area contributed by atoms with Crippen LogP contribution in [-0.2, 0) is 11.2 Å². The van der Waals surface area contributed by atoms with Gasteiger partial charge in [-0.3, -0.25) is 4.79 Å². The van der Waals surface area contributed by atoms with Gasteiger partial charge in [0.2, 0.25) is 0 Å². The Labute approximate surface area is 185 Å². The minimum Gasteiger partial charge on any atom is -0.493 e. The number of carbonyl (C=O) groups is 1. The number of hydrogen-bond acceptors (Lipinski definition) is 5. The summed E-state index contributed by atoms with van der Waals surface area (Å²) < 4.78 is 7.13. The van der Waals surface area contributed by atoms with Gasteiger partial charge in [0.1, 0.15) is 5.75 Å². The van der Waals surface area contributed by atoms with E-state index in [4.69, 9.17) is 26.4 Å². The third kappa shape index (κ3) is 4.87. The van der Waals surface area contributed by atoms with Gasteiger partial charge in [0.05, 0.1) is 23.2 Å². The fourth-order valence-corrected chi connectivity index (χ4v) is 5.23. The fraction of sp³-hybridized carbons (Fsp3) is 0.391. The molecule has 0 atom stereocenters. The summed E-state index contributed by atoms with van der Waals surface area (Å²) >= 11 is 7.80. The second-order valence-corrected chi connectivity index (χ2v) is 9.23. The summed E-state index contributed by atoms with van der Waals surface area (Å²) in [5, 5.41) is 10.9. The second-order valence-electron chi connectivity index (χ2n) is 7.79. The molecule has 0 spiro atoms. The molecule has 158 valence electrons. The van der Waals surface area contributed by atoms with Crippen molar-refractivity contribution in [2.45, 2.75) is 32.6 Å². The molecule has 5 nitrogen and oxygen atoms in total. The zero-order chi connectivity index (χ0) is 21.1. The van der Waals surface area contributed by atoms with Crippen LogP contribution in [0.25, 0.3) is 10.2 Å². The number of halogens is 1. The second kappa shape index (κ2) is 9.23. The Hall–Kier alpha value is -2.31. The molecule has 0 unspecified atom stereocenters. The van der Waals surface area contributed by atoms with Crippen LogP contribution in [0, 0.1) is 12.8 Å². The van der Waals surface area contributed by atoms with Gasteiger partial charge < -0.3 is 14.7 Å². The smallest absolute Gasteiger partial charge is 0.307 e. The van der Waals surface area contributed by atoms with Crippen molar-refractivity contribution in [3.8, 4) is 5.75 Å². The molecular formula is C23H25ClN2O3S. The van der Waals surface area contributed by atoms with Crippen LogP contribution in [-0.4, -0.2) is 35.8 Å². The molecule has 1 fully saturated rings. The number of rotatable bonds is 7. The first-order valence-corrected chi connectivity index (χ1v) is 11.4. The Kier molecular flexibility index (Phi) is 6.44. The number of aliphatic carboxylic acids is 1. The number of aromatic nitrogens is 1. The number of thiazole rings is 1. The minimum absolute atomic E-state index is 0.0272. The highest BCUT2D eigenvalue weighted by molar-refractivity contribution is 7.22. The van der Waals surface area contributed by atoms with Gasteiger partial charge in [-0.25, -0.2) is 4.98 Å². The van der Waals surface area contributed by atoms with E-state index < -0.39 is 5.97 Å². The summed E-state index contributed by atoms with van der Waals surface area (Å²) in [4.78, 5) is 18.1. The third-order valence-corrected chi connectivity index (χ3v) is 7.06. The minimum atomic E-state index is -0.821. The Morgan fingerprint density at radius 3 is 2.87 bits per heavy atom. The van der Waals surface area contributed by atoms with E-state index in [1.807, 2.05) is 43.3 Å². The van der Waals surface area contributed by atoms with Crippen molar-refractivity contribution in [3.63, 3.8) is 0 Å². The molecule has 1 aromatic heterocycles. The van der Waals surface area contributed by atoms with Crippen LogP contribution in [0.4, 0.5) is 5.13 Å². The molecule has 3 aromatic rings. The fourth-order valence-electron chi connectivity index (χ4n) is 3.94. The highest BCUT2D eigenvalue weighted by Crippen LogP contribution is 2.33. The monoisotopic (exact) mass is 444 g/mol. The van der Waals surface area contributed by atoms with E-state index in [-0.39, 0.29) is 6.42 Å². The first kappa shape index (κ1) is 20.9. The van der Waals surface area contributed by atoms with Gasteiger partial charge in [-0.15, -0.1) is 0 Å². The van der Waals surface area contributed by atoms with Crippen LogP contribution < -0.4 is 9.64 Å². The number of carboxylic acid groups (broad SMARTS) is 1. The molecule has 4 rings (SSSR count). The number of anilines is 1. The lowest BCUT2D eigenvalue weighted by Crippen LogP contribution is -2.34. The molecule has 1 aliphatic rings. The van der Waals surface area contributed by atoms with Crippen molar-refractivity contribution >= 4 is 44.3 Å². The molecule has 7 heteroatoms. The number of ether oxygens (including phenoxy) is 1. The number of nitrogens with zero attached hydrogens (tertiary/aromatic N) is 2. The van der Waals surface area contributed by atoms with Gasteiger partial charge in [-0.1, -0.05) is 35.1 Å². The summed E-state index contributed by atoms with van der Waals surface area (Å²) in [6.45, 7) is 4.59. The van der Waals surface area contributed by atoms with E-state index in [0.29, 0.717) is 12.5 Å². The number of hydrogen-bond donors (Lipinski definition) is 1.